The number of amides is 1. The van der Waals surface area contributed by atoms with E-state index >= 15 is 0 Å². The maximum Gasteiger partial charge on any atom is 0.262 e. The van der Waals surface area contributed by atoms with E-state index in [0.717, 1.165) is 17.5 Å². The highest BCUT2D eigenvalue weighted by Crippen LogP contribution is 2.23. The maximum absolute atomic E-state index is 12.1. The minimum absolute atomic E-state index is 0.0582. The second kappa shape index (κ2) is 9.05. The largest absolute Gasteiger partial charge is 0.484 e. The lowest BCUT2D eigenvalue weighted by Gasteiger charge is -2.08. The van der Waals surface area contributed by atoms with Crippen LogP contribution in [0.4, 0.5) is 5.69 Å². The molecular weight excluding hydrogens is 378 g/mol. The molecule has 0 bridgehead atoms. The minimum atomic E-state index is -0.230. The number of nitrogens with zero attached hydrogens (tertiary/aromatic N) is 2. The molecule has 0 aliphatic heterocycles. The van der Waals surface area contributed by atoms with Gasteiger partial charge in [0.15, 0.2) is 6.61 Å². The van der Waals surface area contributed by atoms with Crippen LogP contribution >= 0.6 is 0 Å². The highest BCUT2D eigenvalue weighted by Gasteiger charge is 2.11. The Morgan fingerprint density at radius 2 is 1.67 bits per heavy atom. The van der Waals surface area contributed by atoms with E-state index in [2.05, 4.69) is 22.4 Å². The number of benzene rings is 3. The van der Waals surface area contributed by atoms with Gasteiger partial charge >= 0.3 is 0 Å². The Balaban J connectivity index is 1.34. The summed E-state index contributed by atoms with van der Waals surface area (Å²) >= 11 is 0. The minimum Gasteiger partial charge on any atom is -0.484 e. The number of rotatable bonds is 7. The molecule has 0 saturated heterocycles. The maximum atomic E-state index is 12.1. The van der Waals surface area contributed by atoms with Crippen molar-refractivity contribution in [3.8, 4) is 28.6 Å². The van der Waals surface area contributed by atoms with Gasteiger partial charge < -0.3 is 14.6 Å². The van der Waals surface area contributed by atoms with E-state index in [1.165, 1.54) is 5.56 Å². The number of carbonyl (C=O) groups excluding carboxylic acids is 1. The highest BCUT2D eigenvalue weighted by atomic mass is 16.5. The third-order valence-corrected chi connectivity index (χ3v) is 4.58. The van der Waals surface area contributed by atoms with Crippen LogP contribution in [0.3, 0.4) is 0 Å². The number of hydrogen-bond donors (Lipinski definition) is 1. The molecule has 0 radical (unpaired) electrons. The van der Waals surface area contributed by atoms with E-state index in [9.17, 15) is 4.79 Å². The first-order chi connectivity index (χ1) is 14.7. The SMILES string of the molecule is CCc1ccc(OCC(=O)Nc2ccc(-c3nc(-c4ccccc4)no3)cc2)cc1. The zero-order valence-corrected chi connectivity index (χ0v) is 16.5. The van der Waals surface area contributed by atoms with E-state index in [0.29, 0.717) is 23.2 Å². The number of aromatic nitrogens is 2. The fraction of sp³-hybridized carbons (Fsp3) is 0.125. The molecule has 1 heterocycles. The number of carbonyl (C=O) groups is 1. The zero-order valence-electron chi connectivity index (χ0n) is 16.5. The molecule has 30 heavy (non-hydrogen) atoms. The smallest absolute Gasteiger partial charge is 0.262 e. The van der Waals surface area contributed by atoms with Crippen molar-refractivity contribution in [2.45, 2.75) is 13.3 Å². The number of anilines is 1. The average Bonchev–Trinajstić information content (AvgIpc) is 3.29. The second-order valence-electron chi connectivity index (χ2n) is 6.70. The molecule has 1 aromatic heterocycles. The Morgan fingerprint density at radius 1 is 0.933 bits per heavy atom. The van der Waals surface area contributed by atoms with Crippen LogP contribution in [0.15, 0.2) is 83.4 Å². The molecule has 0 aliphatic carbocycles. The van der Waals surface area contributed by atoms with Crippen molar-refractivity contribution in [3.05, 3.63) is 84.4 Å². The van der Waals surface area contributed by atoms with Crippen LogP contribution in [-0.4, -0.2) is 22.7 Å². The molecule has 0 aliphatic rings. The third-order valence-electron chi connectivity index (χ3n) is 4.58. The van der Waals surface area contributed by atoms with Gasteiger partial charge in [-0.25, -0.2) is 0 Å². The van der Waals surface area contributed by atoms with Gasteiger partial charge in [-0.1, -0.05) is 54.5 Å². The predicted molar refractivity (Wildman–Crippen MR) is 115 cm³/mol. The molecular formula is C24H21N3O3. The molecule has 1 N–H and O–H groups in total. The number of ether oxygens (including phenoxy) is 1. The van der Waals surface area contributed by atoms with Crippen molar-refractivity contribution < 1.29 is 14.1 Å². The summed E-state index contributed by atoms with van der Waals surface area (Å²) in [5.41, 5.74) is 3.55. The topological polar surface area (TPSA) is 77.2 Å². The lowest BCUT2D eigenvalue weighted by molar-refractivity contribution is -0.118. The Bertz CT molecular complexity index is 1100. The van der Waals surface area contributed by atoms with Crippen molar-refractivity contribution >= 4 is 11.6 Å². The van der Waals surface area contributed by atoms with Crippen LogP contribution in [0, 0.1) is 0 Å². The Hall–Kier alpha value is -3.93. The van der Waals surface area contributed by atoms with Gasteiger partial charge in [-0.05, 0) is 48.4 Å². The highest BCUT2D eigenvalue weighted by molar-refractivity contribution is 5.92. The first-order valence-corrected chi connectivity index (χ1v) is 9.72. The molecule has 0 fully saturated rings. The third kappa shape index (κ3) is 4.72. The van der Waals surface area contributed by atoms with E-state index in [1.807, 2.05) is 66.7 Å². The molecule has 4 aromatic rings. The van der Waals surface area contributed by atoms with Crippen LogP contribution in [0.2, 0.25) is 0 Å². The van der Waals surface area contributed by atoms with Gasteiger partial charge in [0.05, 0.1) is 0 Å². The molecule has 0 atom stereocenters. The van der Waals surface area contributed by atoms with Crippen molar-refractivity contribution in [3.63, 3.8) is 0 Å². The number of nitrogens with one attached hydrogen (secondary N) is 1. The Morgan fingerprint density at radius 3 is 2.37 bits per heavy atom. The van der Waals surface area contributed by atoms with Gasteiger partial charge in [0.25, 0.3) is 11.8 Å². The van der Waals surface area contributed by atoms with Gasteiger partial charge in [0.1, 0.15) is 5.75 Å². The fourth-order valence-electron chi connectivity index (χ4n) is 2.91. The van der Waals surface area contributed by atoms with E-state index < -0.39 is 0 Å². The summed E-state index contributed by atoms with van der Waals surface area (Å²) in [4.78, 5) is 16.6. The van der Waals surface area contributed by atoms with Crippen molar-refractivity contribution in [1.82, 2.24) is 10.1 Å². The molecule has 150 valence electrons. The fourth-order valence-corrected chi connectivity index (χ4v) is 2.91. The first kappa shape index (κ1) is 19.4. The molecule has 1 amide bonds. The van der Waals surface area contributed by atoms with Gasteiger partial charge in [-0.2, -0.15) is 4.98 Å². The molecule has 3 aromatic carbocycles. The Kier molecular flexibility index (Phi) is 5.85. The first-order valence-electron chi connectivity index (χ1n) is 9.72. The van der Waals surface area contributed by atoms with Crippen LogP contribution in [0.1, 0.15) is 12.5 Å². The van der Waals surface area contributed by atoms with Gasteiger partial charge in [0.2, 0.25) is 5.82 Å². The average molecular weight is 399 g/mol. The summed E-state index contributed by atoms with van der Waals surface area (Å²) in [6.07, 6.45) is 0.966. The normalized spacial score (nSPS) is 10.6. The van der Waals surface area contributed by atoms with E-state index in [-0.39, 0.29) is 12.5 Å². The predicted octanol–water partition coefficient (Wildman–Crippen LogP) is 4.98. The number of hydrogen-bond acceptors (Lipinski definition) is 5. The van der Waals surface area contributed by atoms with E-state index in [4.69, 9.17) is 9.26 Å². The molecule has 6 nitrogen and oxygen atoms in total. The summed E-state index contributed by atoms with van der Waals surface area (Å²) in [5, 5.41) is 6.84. The molecule has 0 unspecified atom stereocenters. The summed E-state index contributed by atoms with van der Waals surface area (Å²) < 4.78 is 10.9. The van der Waals surface area contributed by atoms with Crippen molar-refractivity contribution in [2.24, 2.45) is 0 Å². The van der Waals surface area contributed by atoms with Crippen LogP contribution in [0.25, 0.3) is 22.8 Å². The van der Waals surface area contributed by atoms with Gasteiger partial charge in [-0.3, -0.25) is 4.79 Å². The van der Waals surface area contributed by atoms with Crippen molar-refractivity contribution in [1.29, 1.82) is 0 Å². The van der Waals surface area contributed by atoms with E-state index in [1.54, 1.807) is 12.1 Å². The quantitative estimate of drug-likeness (QED) is 0.474. The standard InChI is InChI=1S/C24H21N3O3/c1-2-17-8-14-21(15-9-17)29-16-22(28)25-20-12-10-19(11-13-20)24-26-23(27-30-24)18-6-4-3-5-7-18/h3-15H,2,16H2,1H3,(H,25,28). The second-order valence-corrected chi connectivity index (χ2v) is 6.70. The van der Waals surface area contributed by atoms with Crippen molar-refractivity contribution in [2.75, 3.05) is 11.9 Å². The molecule has 0 saturated carbocycles. The lowest BCUT2D eigenvalue weighted by atomic mass is 10.2. The van der Waals surface area contributed by atoms with Crippen LogP contribution < -0.4 is 10.1 Å². The summed E-state index contributed by atoms with van der Waals surface area (Å²) in [5.74, 6) is 1.40. The molecule has 6 heteroatoms. The van der Waals surface area contributed by atoms with Gasteiger partial charge in [-0.15, -0.1) is 0 Å². The lowest BCUT2D eigenvalue weighted by Crippen LogP contribution is -2.20. The Labute approximate surface area is 174 Å². The monoisotopic (exact) mass is 399 g/mol. The molecule has 0 spiro atoms. The molecule has 4 rings (SSSR count). The zero-order chi connectivity index (χ0) is 20.8. The summed E-state index contributed by atoms with van der Waals surface area (Å²) in [6.45, 7) is 2.03. The summed E-state index contributed by atoms with van der Waals surface area (Å²) in [6, 6.07) is 24.6. The van der Waals surface area contributed by atoms with Crippen LogP contribution in [0.5, 0.6) is 5.75 Å². The van der Waals surface area contributed by atoms with Crippen LogP contribution in [-0.2, 0) is 11.2 Å². The number of aryl methyl sites for hydroxylation is 1. The van der Waals surface area contributed by atoms with Gasteiger partial charge in [0, 0.05) is 16.8 Å². The summed E-state index contributed by atoms with van der Waals surface area (Å²) in [7, 11) is 0.